The minimum atomic E-state index is -0.0287. The first-order valence-electron chi connectivity index (χ1n) is 10.8. The van der Waals surface area contributed by atoms with E-state index < -0.39 is 0 Å². The van der Waals surface area contributed by atoms with E-state index >= 15 is 0 Å². The van der Waals surface area contributed by atoms with Crippen LogP contribution in [0.3, 0.4) is 0 Å². The first-order valence-corrected chi connectivity index (χ1v) is 12.9. The number of ether oxygens (including phenoxy) is 1. The summed E-state index contributed by atoms with van der Waals surface area (Å²) in [6.45, 7) is 3.09. The van der Waals surface area contributed by atoms with Crippen LogP contribution < -0.4 is 10.1 Å². The van der Waals surface area contributed by atoms with Gasteiger partial charge in [-0.2, -0.15) is 0 Å². The molecule has 30 heavy (non-hydrogen) atoms. The normalized spacial score (nSPS) is 18.8. The Morgan fingerprint density at radius 3 is 2.40 bits per heavy atom. The fourth-order valence-electron chi connectivity index (χ4n) is 3.90. The molecule has 1 N–H and O–H groups in total. The van der Waals surface area contributed by atoms with Crippen LogP contribution in [-0.4, -0.2) is 48.1 Å². The van der Waals surface area contributed by atoms with Gasteiger partial charge < -0.3 is 10.1 Å². The predicted molar refractivity (Wildman–Crippen MR) is 127 cm³/mol. The number of thioether (sulfide) groups is 2. The summed E-state index contributed by atoms with van der Waals surface area (Å²) >= 11 is 4.03. The Labute approximate surface area is 188 Å². The van der Waals surface area contributed by atoms with Gasteiger partial charge in [0.1, 0.15) is 5.75 Å². The van der Waals surface area contributed by atoms with Crippen LogP contribution in [0.2, 0.25) is 0 Å². The first-order chi connectivity index (χ1) is 14.8. The molecule has 6 heteroatoms. The Morgan fingerprint density at radius 1 is 1.00 bits per heavy atom. The molecule has 2 heterocycles. The molecule has 2 aromatic carbocycles. The molecule has 160 valence electrons. The number of rotatable bonds is 7. The zero-order valence-electron chi connectivity index (χ0n) is 17.3. The van der Waals surface area contributed by atoms with Crippen molar-refractivity contribution < 1.29 is 9.53 Å². The zero-order chi connectivity index (χ0) is 20.6. The Bertz CT molecular complexity index is 787. The molecule has 0 spiro atoms. The van der Waals surface area contributed by atoms with Gasteiger partial charge >= 0.3 is 0 Å². The SMILES string of the molecule is O=C(COc1ccc(C2SCCCS2)cc1)NC1CCN(Cc2ccccc2)CC1. The molecular formula is C24H30N2O2S2. The maximum atomic E-state index is 12.3. The summed E-state index contributed by atoms with van der Waals surface area (Å²) in [5, 5.41) is 3.14. The van der Waals surface area contributed by atoms with E-state index in [9.17, 15) is 4.79 Å². The summed E-state index contributed by atoms with van der Waals surface area (Å²) in [7, 11) is 0. The van der Waals surface area contributed by atoms with Crippen LogP contribution in [0, 0.1) is 0 Å². The lowest BCUT2D eigenvalue weighted by molar-refractivity contribution is -0.124. The number of nitrogens with one attached hydrogen (secondary N) is 1. The maximum absolute atomic E-state index is 12.3. The molecule has 0 atom stereocenters. The van der Waals surface area contributed by atoms with Gasteiger partial charge in [-0.05, 0) is 54.0 Å². The van der Waals surface area contributed by atoms with Crippen molar-refractivity contribution in [2.45, 2.75) is 36.4 Å². The molecule has 0 unspecified atom stereocenters. The Hall–Kier alpha value is -1.63. The summed E-state index contributed by atoms with van der Waals surface area (Å²) < 4.78 is 6.25. The van der Waals surface area contributed by atoms with Gasteiger partial charge in [0.15, 0.2) is 6.61 Å². The number of nitrogens with zero attached hydrogens (tertiary/aromatic N) is 1. The standard InChI is InChI=1S/C24H30N2O2S2/c27-23(18-28-22-9-7-20(8-10-22)24-29-15-4-16-30-24)25-21-11-13-26(14-12-21)17-19-5-2-1-3-6-19/h1-3,5-10,21,24H,4,11-18H2,(H,25,27). The second-order valence-electron chi connectivity index (χ2n) is 7.89. The number of benzene rings is 2. The molecule has 2 aliphatic rings. The van der Waals surface area contributed by atoms with E-state index in [0.717, 1.165) is 38.2 Å². The number of carbonyl (C=O) groups excluding carboxylic acids is 1. The Kier molecular flexibility index (Phi) is 8.01. The Morgan fingerprint density at radius 2 is 1.70 bits per heavy atom. The van der Waals surface area contributed by atoms with Crippen LogP contribution in [0.1, 0.15) is 35.0 Å². The van der Waals surface area contributed by atoms with Crippen LogP contribution in [0.15, 0.2) is 54.6 Å². The summed E-state index contributed by atoms with van der Waals surface area (Å²) in [5.74, 6) is 3.21. The van der Waals surface area contributed by atoms with Gasteiger partial charge in [-0.15, -0.1) is 23.5 Å². The molecule has 0 bridgehead atoms. The van der Waals surface area contributed by atoms with E-state index in [4.69, 9.17) is 4.74 Å². The molecule has 2 aromatic rings. The van der Waals surface area contributed by atoms with Crippen molar-refractivity contribution in [3.8, 4) is 5.75 Å². The fourth-order valence-corrected chi connectivity index (χ4v) is 6.79. The van der Waals surface area contributed by atoms with Crippen molar-refractivity contribution in [3.05, 3.63) is 65.7 Å². The van der Waals surface area contributed by atoms with Gasteiger partial charge in [-0.25, -0.2) is 0 Å². The average Bonchev–Trinajstić information content (AvgIpc) is 2.81. The van der Waals surface area contributed by atoms with Crippen molar-refractivity contribution in [1.29, 1.82) is 0 Å². The van der Waals surface area contributed by atoms with Crippen LogP contribution in [-0.2, 0) is 11.3 Å². The monoisotopic (exact) mass is 442 g/mol. The third kappa shape index (κ3) is 6.43. The van der Waals surface area contributed by atoms with Gasteiger partial charge in [0.2, 0.25) is 0 Å². The van der Waals surface area contributed by atoms with Crippen LogP contribution >= 0.6 is 23.5 Å². The van der Waals surface area contributed by atoms with Crippen LogP contribution in [0.5, 0.6) is 5.75 Å². The molecule has 4 nitrogen and oxygen atoms in total. The number of hydrogen-bond acceptors (Lipinski definition) is 5. The van der Waals surface area contributed by atoms with E-state index in [1.54, 1.807) is 0 Å². The molecule has 0 saturated carbocycles. The largest absolute Gasteiger partial charge is 0.484 e. The molecule has 2 fully saturated rings. The minimum Gasteiger partial charge on any atom is -0.484 e. The molecular weight excluding hydrogens is 412 g/mol. The number of hydrogen-bond donors (Lipinski definition) is 1. The van der Waals surface area contributed by atoms with Gasteiger partial charge in [0, 0.05) is 25.7 Å². The molecule has 2 saturated heterocycles. The second-order valence-corrected chi connectivity index (χ2v) is 10.6. The van der Waals surface area contributed by atoms with Gasteiger partial charge in [0.05, 0.1) is 4.58 Å². The highest BCUT2D eigenvalue weighted by molar-refractivity contribution is 8.16. The molecule has 1 amide bonds. The number of carbonyl (C=O) groups is 1. The van der Waals surface area contributed by atoms with E-state index in [-0.39, 0.29) is 18.6 Å². The van der Waals surface area contributed by atoms with E-state index in [2.05, 4.69) is 52.7 Å². The van der Waals surface area contributed by atoms with Gasteiger partial charge in [-0.1, -0.05) is 42.5 Å². The highest BCUT2D eigenvalue weighted by Crippen LogP contribution is 2.43. The smallest absolute Gasteiger partial charge is 0.258 e. The summed E-state index contributed by atoms with van der Waals surface area (Å²) in [6.07, 6.45) is 3.28. The van der Waals surface area contributed by atoms with Crippen molar-refractivity contribution in [1.82, 2.24) is 10.2 Å². The van der Waals surface area contributed by atoms with Gasteiger partial charge in [0.25, 0.3) is 5.91 Å². The highest BCUT2D eigenvalue weighted by Gasteiger charge is 2.21. The molecule has 2 aliphatic heterocycles. The predicted octanol–water partition coefficient (Wildman–Crippen LogP) is 4.71. The van der Waals surface area contributed by atoms with E-state index in [1.165, 1.54) is 29.1 Å². The summed E-state index contributed by atoms with van der Waals surface area (Å²) in [6, 6.07) is 19.0. The van der Waals surface area contributed by atoms with Crippen LogP contribution in [0.25, 0.3) is 0 Å². The number of likely N-dealkylation sites (tertiary alicyclic amines) is 1. The lowest BCUT2D eigenvalue weighted by Gasteiger charge is -2.32. The van der Waals surface area contributed by atoms with Crippen molar-refractivity contribution in [2.75, 3.05) is 31.2 Å². The fraction of sp³-hybridized carbons (Fsp3) is 0.458. The van der Waals surface area contributed by atoms with Gasteiger partial charge in [-0.3, -0.25) is 9.69 Å². The minimum absolute atomic E-state index is 0.0287. The zero-order valence-corrected chi connectivity index (χ0v) is 18.9. The number of amides is 1. The second kappa shape index (κ2) is 11.1. The molecule has 4 rings (SSSR count). The lowest BCUT2D eigenvalue weighted by Crippen LogP contribution is -2.45. The molecule has 0 aromatic heterocycles. The van der Waals surface area contributed by atoms with Crippen LogP contribution in [0.4, 0.5) is 0 Å². The Balaban J connectivity index is 1.15. The van der Waals surface area contributed by atoms with Crippen molar-refractivity contribution in [2.24, 2.45) is 0 Å². The topological polar surface area (TPSA) is 41.6 Å². The molecule has 0 radical (unpaired) electrons. The van der Waals surface area contributed by atoms with E-state index in [1.807, 2.05) is 35.7 Å². The lowest BCUT2D eigenvalue weighted by atomic mass is 10.0. The third-order valence-electron chi connectivity index (χ3n) is 5.55. The number of piperidine rings is 1. The summed E-state index contributed by atoms with van der Waals surface area (Å²) in [4.78, 5) is 14.8. The molecule has 0 aliphatic carbocycles. The third-order valence-corrected chi connectivity index (χ3v) is 8.57. The highest BCUT2D eigenvalue weighted by atomic mass is 32.2. The summed E-state index contributed by atoms with van der Waals surface area (Å²) in [5.41, 5.74) is 2.68. The van der Waals surface area contributed by atoms with Crippen molar-refractivity contribution >= 4 is 29.4 Å². The van der Waals surface area contributed by atoms with Crippen molar-refractivity contribution in [3.63, 3.8) is 0 Å². The quantitative estimate of drug-likeness (QED) is 0.672. The average molecular weight is 443 g/mol. The maximum Gasteiger partial charge on any atom is 0.258 e. The van der Waals surface area contributed by atoms with E-state index in [0.29, 0.717) is 4.58 Å². The first kappa shape index (κ1) is 21.6.